The van der Waals surface area contributed by atoms with Gasteiger partial charge in [-0.2, -0.15) is 0 Å². The Hall–Kier alpha value is -0.650. The molecule has 1 aliphatic rings. The number of aliphatic hydroxyl groups is 1. The smallest absolute Gasteiger partial charge is 0.222 e. The molecule has 0 aromatic heterocycles. The van der Waals surface area contributed by atoms with E-state index in [-0.39, 0.29) is 12.0 Å². The molecule has 0 bridgehead atoms. The van der Waals surface area contributed by atoms with E-state index < -0.39 is 0 Å². The summed E-state index contributed by atoms with van der Waals surface area (Å²) in [5.74, 6) is 0.688. The molecule has 1 unspecified atom stereocenters. The second kappa shape index (κ2) is 7.71. The van der Waals surface area contributed by atoms with Crippen molar-refractivity contribution in [1.29, 1.82) is 0 Å². The van der Waals surface area contributed by atoms with Crippen molar-refractivity contribution in [2.45, 2.75) is 26.4 Å². The fourth-order valence-electron chi connectivity index (χ4n) is 2.26. The van der Waals surface area contributed by atoms with E-state index in [1.54, 1.807) is 0 Å². The number of hydrogen-bond acceptors (Lipinski definition) is 4. The molecule has 1 atom stereocenters. The molecular weight excluding hydrogens is 230 g/mol. The molecule has 1 amide bonds. The molecule has 1 saturated heterocycles. The highest BCUT2D eigenvalue weighted by molar-refractivity contribution is 5.76. The molecule has 1 fully saturated rings. The Kier molecular flexibility index (Phi) is 6.60. The monoisotopic (exact) mass is 257 g/mol. The van der Waals surface area contributed by atoms with Crippen molar-refractivity contribution in [2.24, 2.45) is 5.92 Å². The van der Waals surface area contributed by atoms with Crippen LogP contribution in [0.1, 0.15) is 20.3 Å². The normalized spacial score (nSPS) is 19.3. The number of hydrogen-bond donors (Lipinski definition) is 2. The number of carbonyl (C=O) groups is 1. The number of aliphatic hydroxyl groups excluding tert-OH is 1. The summed E-state index contributed by atoms with van der Waals surface area (Å²) in [5, 5.41) is 12.7. The molecule has 0 aliphatic carbocycles. The highest BCUT2D eigenvalue weighted by Gasteiger charge is 2.22. The zero-order valence-corrected chi connectivity index (χ0v) is 11.9. The molecule has 0 aromatic carbocycles. The average Bonchev–Trinajstić information content (AvgIpc) is 2.29. The lowest BCUT2D eigenvalue weighted by Gasteiger charge is -2.36. The summed E-state index contributed by atoms with van der Waals surface area (Å²) in [7, 11) is 1.84. The van der Waals surface area contributed by atoms with Crippen LogP contribution in [0.3, 0.4) is 0 Å². The minimum atomic E-state index is -0.326. The van der Waals surface area contributed by atoms with Gasteiger partial charge in [-0.15, -0.1) is 0 Å². The highest BCUT2D eigenvalue weighted by atomic mass is 16.3. The van der Waals surface area contributed by atoms with E-state index in [2.05, 4.69) is 24.1 Å². The predicted molar refractivity (Wildman–Crippen MR) is 72.4 cm³/mol. The topological polar surface area (TPSA) is 55.8 Å². The minimum absolute atomic E-state index is 0.264. The molecule has 5 heteroatoms. The van der Waals surface area contributed by atoms with Crippen molar-refractivity contribution in [3.63, 3.8) is 0 Å². The summed E-state index contributed by atoms with van der Waals surface area (Å²) in [6, 6.07) is 0. The van der Waals surface area contributed by atoms with Crippen LogP contribution < -0.4 is 5.32 Å². The van der Waals surface area contributed by atoms with Crippen LogP contribution >= 0.6 is 0 Å². The van der Waals surface area contributed by atoms with E-state index in [1.165, 1.54) is 0 Å². The first-order valence-electron chi connectivity index (χ1n) is 6.85. The molecule has 1 rings (SSSR count). The molecule has 1 aliphatic heterocycles. The Labute approximate surface area is 110 Å². The number of β-amino-alcohol motifs (C(OH)–C–C–N with tert-alkyl or cyclic N) is 1. The molecule has 0 aromatic rings. The first-order chi connectivity index (χ1) is 8.52. The summed E-state index contributed by atoms with van der Waals surface area (Å²) in [6.07, 6.45) is 0.315. The number of carbonyl (C=O) groups excluding carboxylic acids is 1. The van der Waals surface area contributed by atoms with Crippen molar-refractivity contribution in [2.75, 3.05) is 46.3 Å². The SMILES string of the molecule is CNCC(O)CN1CCN(C(=O)CC(C)C)CC1. The first-order valence-corrected chi connectivity index (χ1v) is 6.85. The van der Waals surface area contributed by atoms with Gasteiger partial charge < -0.3 is 15.3 Å². The molecule has 5 nitrogen and oxygen atoms in total. The number of piperazine rings is 1. The Morgan fingerprint density at radius 3 is 2.39 bits per heavy atom. The molecule has 2 N–H and O–H groups in total. The zero-order valence-electron chi connectivity index (χ0n) is 11.9. The Balaban J connectivity index is 2.26. The largest absolute Gasteiger partial charge is 0.390 e. The quantitative estimate of drug-likeness (QED) is 0.689. The van der Waals surface area contributed by atoms with Crippen molar-refractivity contribution < 1.29 is 9.90 Å². The van der Waals surface area contributed by atoms with Gasteiger partial charge >= 0.3 is 0 Å². The van der Waals surface area contributed by atoms with Crippen LogP contribution in [0.2, 0.25) is 0 Å². The lowest BCUT2D eigenvalue weighted by atomic mass is 10.1. The van der Waals surface area contributed by atoms with Crippen LogP contribution in [-0.4, -0.2) is 73.2 Å². The van der Waals surface area contributed by atoms with Crippen LogP contribution in [0.15, 0.2) is 0 Å². The molecule has 18 heavy (non-hydrogen) atoms. The highest BCUT2D eigenvalue weighted by Crippen LogP contribution is 2.08. The van der Waals surface area contributed by atoms with Gasteiger partial charge in [0.1, 0.15) is 0 Å². The third kappa shape index (κ3) is 5.33. The van der Waals surface area contributed by atoms with Gasteiger partial charge in [0.15, 0.2) is 0 Å². The zero-order chi connectivity index (χ0) is 13.5. The predicted octanol–water partition coefficient (Wildman–Crippen LogP) is -0.243. The summed E-state index contributed by atoms with van der Waals surface area (Å²) in [6.45, 7) is 8.76. The minimum Gasteiger partial charge on any atom is -0.390 e. The van der Waals surface area contributed by atoms with E-state index >= 15 is 0 Å². The second-order valence-electron chi connectivity index (χ2n) is 5.49. The Bertz CT molecular complexity index is 251. The van der Waals surface area contributed by atoms with Crippen LogP contribution in [0.5, 0.6) is 0 Å². The van der Waals surface area contributed by atoms with E-state index in [9.17, 15) is 9.90 Å². The summed E-state index contributed by atoms with van der Waals surface area (Å²) in [5.41, 5.74) is 0. The summed E-state index contributed by atoms with van der Waals surface area (Å²) >= 11 is 0. The third-order valence-electron chi connectivity index (χ3n) is 3.22. The van der Waals surface area contributed by atoms with Gasteiger partial charge in [0.2, 0.25) is 5.91 Å². The van der Waals surface area contributed by atoms with Crippen molar-refractivity contribution in [3.05, 3.63) is 0 Å². The number of rotatable bonds is 6. The van der Waals surface area contributed by atoms with Crippen LogP contribution in [0, 0.1) is 5.92 Å². The summed E-state index contributed by atoms with van der Waals surface area (Å²) < 4.78 is 0. The third-order valence-corrected chi connectivity index (χ3v) is 3.22. The molecule has 0 saturated carbocycles. The van der Waals surface area contributed by atoms with Crippen LogP contribution in [0.4, 0.5) is 0 Å². The van der Waals surface area contributed by atoms with E-state index in [0.29, 0.717) is 25.4 Å². The van der Waals surface area contributed by atoms with Gasteiger partial charge in [-0.25, -0.2) is 0 Å². The molecule has 106 valence electrons. The van der Waals surface area contributed by atoms with E-state index in [4.69, 9.17) is 0 Å². The Morgan fingerprint density at radius 2 is 1.89 bits per heavy atom. The maximum atomic E-state index is 11.9. The second-order valence-corrected chi connectivity index (χ2v) is 5.49. The van der Waals surface area contributed by atoms with Gasteiger partial charge in [0.05, 0.1) is 6.10 Å². The molecule has 0 spiro atoms. The van der Waals surface area contributed by atoms with Gasteiger partial charge in [0.25, 0.3) is 0 Å². The van der Waals surface area contributed by atoms with E-state index in [1.807, 2.05) is 11.9 Å². The van der Waals surface area contributed by atoms with Crippen molar-refractivity contribution in [3.8, 4) is 0 Å². The van der Waals surface area contributed by atoms with Gasteiger partial charge in [-0.1, -0.05) is 13.8 Å². The standard InChI is InChI=1S/C13H27N3O2/c1-11(2)8-13(18)16-6-4-15(5-7-16)10-12(17)9-14-3/h11-12,14,17H,4-10H2,1-3H3. The van der Waals surface area contributed by atoms with Gasteiger partial charge in [-0.3, -0.25) is 9.69 Å². The van der Waals surface area contributed by atoms with Crippen molar-refractivity contribution in [1.82, 2.24) is 15.1 Å². The fourth-order valence-corrected chi connectivity index (χ4v) is 2.26. The first kappa shape index (κ1) is 15.4. The van der Waals surface area contributed by atoms with Gasteiger partial charge in [0, 0.05) is 45.7 Å². The number of amides is 1. The average molecular weight is 257 g/mol. The Morgan fingerprint density at radius 1 is 1.28 bits per heavy atom. The van der Waals surface area contributed by atoms with Crippen LogP contribution in [-0.2, 0) is 4.79 Å². The van der Waals surface area contributed by atoms with E-state index in [0.717, 1.165) is 26.2 Å². The number of nitrogens with zero attached hydrogens (tertiary/aromatic N) is 2. The number of likely N-dealkylation sites (N-methyl/N-ethyl adjacent to an activating group) is 1. The lowest BCUT2D eigenvalue weighted by Crippen LogP contribution is -2.51. The molecule has 0 radical (unpaired) electrons. The summed E-state index contributed by atoms with van der Waals surface area (Å²) in [4.78, 5) is 16.1. The maximum Gasteiger partial charge on any atom is 0.222 e. The molecule has 1 heterocycles. The van der Waals surface area contributed by atoms with Gasteiger partial charge in [-0.05, 0) is 13.0 Å². The fraction of sp³-hybridized carbons (Fsp3) is 0.923. The molecular formula is C13H27N3O2. The van der Waals surface area contributed by atoms with Crippen molar-refractivity contribution >= 4 is 5.91 Å². The lowest BCUT2D eigenvalue weighted by molar-refractivity contribution is -0.133. The maximum absolute atomic E-state index is 11.9. The number of nitrogens with one attached hydrogen (secondary N) is 1. The van der Waals surface area contributed by atoms with Crippen LogP contribution in [0.25, 0.3) is 0 Å².